The van der Waals surface area contributed by atoms with Crippen molar-refractivity contribution in [3.63, 3.8) is 0 Å². The van der Waals surface area contributed by atoms with Gasteiger partial charge in [0, 0.05) is 24.2 Å². The Bertz CT molecular complexity index is 540. The fourth-order valence-electron chi connectivity index (χ4n) is 1.67. The van der Waals surface area contributed by atoms with Crippen LogP contribution in [0.5, 0.6) is 0 Å². The van der Waals surface area contributed by atoms with E-state index in [-0.39, 0.29) is 23.7 Å². The molecule has 1 aliphatic carbocycles. The van der Waals surface area contributed by atoms with Crippen LogP contribution in [0.15, 0.2) is 24.3 Å². The van der Waals surface area contributed by atoms with E-state index in [4.69, 9.17) is 0 Å². The van der Waals surface area contributed by atoms with Crippen LogP contribution in [0.25, 0.3) is 0 Å². The van der Waals surface area contributed by atoms with Crippen LogP contribution >= 0.6 is 0 Å². The zero-order valence-electron chi connectivity index (χ0n) is 10.8. The predicted octanol–water partition coefficient (Wildman–Crippen LogP) is 0.851. The maximum absolute atomic E-state index is 11.8. The van der Waals surface area contributed by atoms with E-state index in [2.05, 4.69) is 10.6 Å². The van der Waals surface area contributed by atoms with E-state index in [1.807, 2.05) is 0 Å². The lowest BCUT2D eigenvalue weighted by Gasteiger charge is -2.06. The number of benzene rings is 1. The number of carbonyl (C=O) groups excluding carboxylic acids is 2. The number of carbonyl (C=O) groups is 2. The van der Waals surface area contributed by atoms with Crippen LogP contribution in [0, 0.1) is 16.0 Å². The molecule has 0 spiro atoms. The smallest absolute Gasteiger partial charge is 0.270 e. The molecule has 0 atom stereocenters. The summed E-state index contributed by atoms with van der Waals surface area (Å²) < 4.78 is 0. The number of nitro benzene ring substituents is 1. The third-order valence-corrected chi connectivity index (χ3v) is 3.01. The lowest BCUT2D eigenvalue weighted by Crippen LogP contribution is -2.37. The molecule has 1 saturated carbocycles. The molecule has 0 aliphatic heterocycles. The number of rotatable bonds is 6. The number of hydrogen-bond acceptors (Lipinski definition) is 4. The molecular weight excluding hydrogens is 262 g/mol. The first-order valence-corrected chi connectivity index (χ1v) is 6.35. The van der Waals surface area contributed by atoms with Gasteiger partial charge in [-0.3, -0.25) is 19.7 Å². The largest absolute Gasteiger partial charge is 0.354 e. The second-order valence-electron chi connectivity index (χ2n) is 4.74. The van der Waals surface area contributed by atoms with Crippen LogP contribution in [0.2, 0.25) is 0 Å². The summed E-state index contributed by atoms with van der Waals surface area (Å²) in [6.07, 6.45) is 2.28. The molecule has 2 N–H and O–H groups in total. The lowest BCUT2D eigenvalue weighted by atomic mass is 10.2. The monoisotopic (exact) mass is 277 g/mol. The zero-order chi connectivity index (χ0) is 14.5. The van der Waals surface area contributed by atoms with Gasteiger partial charge in [0.2, 0.25) is 5.91 Å². The Morgan fingerprint density at radius 3 is 2.70 bits per heavy atom. The maximum Gasteiger partial charge on any atom is 0.270 e. The van der Waals surface area contributed by atoms with E-state index in [0.29, 0.717) is 12.5 Å². The molecule has 2 amide bonds. The van der Waals surface area contributed by atoms with Crippen LogP contribution in [0.3, 0.4) is 0 Å². The van der Waals surface area contributed by atoms with Gasteiger partial charge in [-0.25, -0.2) is 0 Å². The second kappa shape index (κ2) is 6.14. The molecule has 0 bridgehead atoms. The van der Waals surface area contributed by atoms with E-state index in [0.717, 1.165) is 12.8 Å². The Hall–Kier alpha value is -2.44. The quantitative estimate of drug-likeness (QED) is 0.594. The van der Waals surface area contributed by atoms with Crippen molar-refractivity contribution in [3.8, 4) is 0 Å². The highest BCUT2D eigenvalue weighted by molar-refractivity contribution is 5.96. The predicted molar refractivity (Wildman–Crippen MR) is 71.2 cm³/mol. The van der Waals surface area contributed by atoms with Crippen molar-refractivity contribution in [1.82, 2.24) is 10.6 Å². The van der Waals surface area contributed by atoms with Crippen molar-refractivity contribution in [1.29, 1.82) is 0 Å². The Morgan fingerprint density at radius 1 is 1.30 bits per heavy atom. The Kier molecular flexibility index (Phi) is 4.29. The molecule has 1 aromatic rings. The van der Waals surface area contributed by atoms with Gasteiger partial charge in [-0.1, -0.05) is 6.07 Å². The third kappa shape index (κ3) is 4.04. The Balaban J connectivity index is 1.82. The Morgan fingerprint density at radius 2 is 2.05 bits per heavy atom. The minimum absolute atomic E-state index is 0.131. The molecule has 0 saturated heterocycles. The van der Waals surface area contributed by atoms with Gasteiger partial charge in [0.15, 0.2) is 0 Å². The molecule has 0 unspecified atom stereocenters. The van der Waals surface area contributed by atoms with Crippen LogP contribution in [0.4, 0.5) is 5.69 Å². The Labute approximate surface area is 115 Å². The number of hydrogen-bond donors (Lipinski definition) is 2. The van der Waals surface area contributed by atoms with Crippen molar-refractivity contribution in [2.45, 2.75) is 12.8 Å². The van der Waals surface area contributed by atoms with Crippen LogP contribution in [-0.4, -0.2) is 29.8 Å². The molecule has 2 rings (SSSR count). The fraction of sp³-hybridized carbons (Fsp3) is 0.385. The minimum atomic E-state index is -0.570. The molecule has 0 aromatic heterocycles. The summed E-state index contributed by atoms with van der Waals surface area (Å²) in [4.78, 5) is 33.2. The number of nitro groups is 1. The SMILES string of the molecule is O=C(CNC(=O)c1cccc([N+](=O)[O-])c1)NCC1CC1. The summed E-state index contributed by atoms with van der Waals surface area (Å²) >= 11 is 0. The average molecular weight is 277 g/mol. The molecule has 0 heterocycles. The van der Waals surface area contributed by atoms with E-state index < -0.39 is 10.8 Å². The van der Waals surface area contributed by atoms with Crippen LogP contribution in [-0.2, 0) is 4.79 Å². The van der Waals surface area contributed by atoms with Gasteiger partial charge in [-0.15, -0.1) is 0 Å². The van der Waals surface area contributed by atoms with Crippen molar-refractivity contribution in [3.05, 3.63) is 39.9 Å². The van der Waals surface area contributed by atoms with E-state index in [1.165, 1.54) is 24.3 Å². The van der Waals surface area contributed by atoms with Crippen molar-refractivity contribution in [2.75, 3.05) is 13.1 Å². The molecule has 1 aliphatic rings. The summed E-state index contributed by atoms with van der Waals surface area (Å²) in [5.74, 6) is -0.183. The van der Waals surface area contributed by atoms with Crippen LogP contribution < -0.4 is 10.6 Å². The summed E-state index contributed by atoms with van der Waals surface area (Å²) in [6, 6.07) is 5.38. The van der Waals surface area contributed by atoms with Crippen LogP contribution in [0.1, 0.15) is 23.2 Å². The molecule has 106 valence electrons. The first kappa shape index (κ1) is 14.0. The van der Waals surface area contributed by atoms with E-state index in [1.54, 1.807) is 0 Å². The van der Waals surface area contributed by atoms with Gasteiger partial charge in [-0.2, -0.15) is 0 Å². The summed E-state index contributed by atoms with van der Waals surface area (Å²) in [7, 11) is 0. The van der Waals surface area contributed by atoms with Crippen molar-refractivity contribution in [2.24, 2.45) is 5.92 Å². The first-order valence-electron chi connectivity index (χ1n) is 6.35. The first-order chi connectivity index (χ1) is 9.56. The van der Waals surface area contributed by atoms with Gasteiger partial charge in [0.1, 0.15) is 0 Å². The lowest BCUT2D eigenvalue weighted by molar-refractivity contribution is -0.384. The van der Waals surface area contributed by atoms with Gasteiger partial charge in [0.25, 0.3) is 11.6 Å². The van der Waals surface area contributed by atoms with Crippen molar-refractivity contribution < 1.29 is 14.5 Å². The minimum Gasteiger partial charge on any atom is -0.354 e. The summed E-state index contributed by atoms with van der Waals surface area (Å²) in [5.41, 5.74) is 0.00466. The van der Waals surface area contributed by atoms with Gasteiger partial charge in [0.05, 0.1) is 11.5 Å². The standard InChI is InChI=1S/C13H15N3O4/c17-12(14-7-9-4-5-9)8-15-13(18)10-2-1-3-11(6-10)16(19)20/h1-3,6,9H,4-5,7-8H2,(H,14,17)(H,15,18). The topological polar surface area (TPSA) is 101 Å². The highest BCUT2D eigenvalue weighted by Crippen LogP contribution is 2.27. The molecule has 0 radical (unpaired) electrons. The summed E-state index contributed by atoms with van der Waals surface area (Å²) in [5, 5.41) is 15.8. The van der Waals surface area contributed by atoms with E-state index >= 15 is 0 Å². The fourth-order valence-corrected chi connectivity index (χ4v) is 1.67. The number of nitrogens with zero attached hydrogens (tertiary/aromatic N) is 1. The summed E-state index contributed by atoms with van der Waals surface area (Å²) in [6.45, 7) is 0.514. The van der Waals surface area contributed by atoms with Gasteiger partial charge < -0.3 is 10.6 Å². The molecular formula is C13H15N3O4. The third-order valence-electron chi connectivity index (χ3n) is 3.01. The molecule has 1 fully saturated rings. The van der Waals surface area contributed by atoms with Gasteiger partial charge >= 0.3 is 0 Å². The number of non-ortho nitro benzene ring substituents is 1. The normalized spacial score (nSPS) is 13.6. The molecule has 7 nitrogen and oxygen atoms in total. The second-order valence-corrected chi connectivity index (χ2v) is 4.74. The molecule has 7 heteroatoms. The molecule has 1 aromatic carbocycles. The maximum atomic E-state index is 11.8. The highest BCUT2D eigenvalue weighted by Gasteiger charge is 2.21. The zero-order valence-corrected chi connectivity index (χ0v) is 10.8. The molecule has 20 heavy (non-hydrogen) atoms. The van der Waals surface area contributed by atoms with Gasteiger partial charge in [-0.05, 0) is 24.8 Å². The highest BCUT2D eigenvalue weighted by atomic mass is 16.6. The number of nitrogens with one attached hydrogen (secondary N) is 2. The average Bonchev–Trinajstić information content (AvgIpc) is 3.26. The number of amides is 2. The van der Waals surface area contributed by atoms with E-state index in [9.17, 15) is 19.7 Å². The van der Waals surface area contributed by atoms with Crippen molar-refractivity contribution >= 4 is 17.5 Å².